The first kappa shape index (κ1) is 25.2. The lowest BCUT2D eigenvalue weighted by atomic mass is 9.88. The third kappa shape index (κ3) is 6.80. The second kappa shape index (κ2) is 12.7. The zero-order chi connectivity index (χ0) is 24.3. The number of amides is 2. The summed E-state index contributed by atoms with van der Waals surface area (Å²) in [5.41, 5.74) is 4.39. The molecular formula is C30H36N2O2. The first-order chi connectivity index (χ1) is 16.5. The van der Waals surface area contributed by atoms with Crippen molar-refractivity contribution in [3.05, 3.63) is 107 Å². The molecule has 178 valence electrons. The van der Waals surface area contributed by atoms with Gasteiger partial charge in [0.25, 0.3) is 0 Å². The highest BCUT2D eigenvalue weighted by Crippen LogP contribution is 2.29. The van der Waals surface area contributed by atoms with Crippen LogP contribution >= 0.6 is 0 Å². The highest BCUT2D eigenvalue weighted by atomic mass is 16.2. The number of hydrogen-bond acceptors (Lipinski definition) is 2. The van der Waals surface area contributed by atoms with Gasteiger partial charge < -0.3 is 10.2 Å². The highest BCUT2D eigenvalue weighted by molar-refractivity contribution is 5.88. The third-order valence-corrected chi connectivity index (χ3v) is 6.19. The van der Waals surface area contributed by atoms with Crippen molar-refractivity contribution in [1.29, 1.82) is 0 Å². The molecule has 0 bridgehead atoms. The molecule has 0 fully saturated rings. The van der Waals surface area contributed by atoms with Crippen LogP contribution in [-0.4, -0.2) is 29.3 Å². The average molecular weight is 457 g/mol. The summed E-state index contributed by atoms with van der Waals surface area (Å²) in [7, 11) is 0. The monoisotopic (exact) mass is 456 g/mol. The summed E-state index contributed by atoms with van der Waals surface area (Å²) in [5.74, 6) is -0.177. The fourth-order valence-corrected chi connectivity index (χ4v) is 4.27. The van der Waals surface area contributed by atoms with Crippen molar-refractivity contribution in [3.63, 3.8) is 0 Å². The van der Waals surface area contributed by atoms with E-state index in [0.29, 0.717) is 25.9 Å². The van der Waals surface area contributed by atoms with Crippen LogP contribution in [0.4, 0.5) is 0 Å². The molecule has 3 aromatic carbocycles. The Morgan fingerprint density at radius 2 is 1.38 bits per heavy atom. The van der Waals surface area contributed by atoms with Gasteiger partial charge in [0.2, 0.25) is 11.8 Å². The van der Waals surface area contributed by atoms with E-state index in [1.54, 1.807) is 4.90 Å². The fourth-order valence-electron chi connectivity index (χ4n) is 4.27. The van der Waals surface area contributed by atoms with Gasteiger partial charge in [0, 0.05) is 25.4 Å². The predicted octanol–water partition coefficient (Wildman–Crippen LogP) is 5.85. The van der Waals surface area contributed by atoms with Crippen molar-refractivity contribution < 1.29 is 9.59 Å². The molecule has 34 heavy (non-hydrogen) atoms. The second-order valence-corrected chi connectivity index (χ2v) is 8.80. The molecule has 0 spiro atoms. The summed E-state index contributed by atoms with van der Waals surface area (Å²) in [5, 5.41) is 3.00. The third-order valence-electron chi connectivity index (χ3n) is 6.19. The maximum atomic E-state index is 13.9. The summed E-state index contributed by atoms with van der Waals surface area (Å²) in [6.07, 6.45) is 1.73. The van der Waals surface area contributed by atoms with E-state index in [4.69, 9.17) is 0 Å². The van der Waals surface area contributed by atoms with Crippen molar-refractivity contribution in [3.8, 4) is 0 Å². The predicted molar refractivity (Wildman–Crippen MR) is 138 cm³/mol. The van der Waals surface area contributed by atoms with Gasteiger partial charge in [-0.1, -0.05) is 104 Å². The molecule has 0 aliphatic rings. The number of rotatable bonds is 11. The van der Waals surface area contributed by atoms with Crippen molar-refractivity contribution in [2.75, 3.05) is 6.54 Å². The highest BCUT2D eigenvalue weighted by Gasteiger charge is 2.30. The minimum Gasteiger partial charge on any atom is -0.354 e. The molecule has 0 aliphatic carbocycles. The topological polar surface area (TPSA) is 49.4 Å². The van der Waals surface area contributed by atoms with Gasteiger partial charge in [-0.2, -0.15) is 0 Å². The van der Waals surface area contributed by atoms with Gasteiger partial charge in [-0.15, -0.1) is 0 Å². The first-order valence-electron chi connectivity index (χ1n) is 12.3. The zero-order valence-corrected chi connectivity index (χ0v) is 20.5. The minimum absolute atomic E-state index is 0.0169. The van der Waals surface area contributed by atoms with Gasteiger partial charge in [-0.3, -0.25) is 9.59 Å². The minimum atomic E-state index is -0.507. The van der Waals surface area contributed by atoms with Gasteiger partial charge in [0.05, 0.1) is 0 Å². The Kier molecular flexibility index (Phi) is 9.45. The summed E-state index contributed by atoms with van der Waals surface area (Å²) in [4.78, 5) is 28.7. The summed E-state index contributed by atoms with van der Waals surface area (Å²) < 4.78 is 0. The van der Waals surface area contributed by atoms with Crippen molar-refractivity contribution >= 4 is 11.8 Å². The second-order valence-electron chi connectivity index (χ2n) is 8.80. The molecule has 1 atom stereocenters. The molecular weight excluding hydrogens is 420 g/mol. The average Bonchev–Trinajstić information content (AvgIpc) is 2.88. The molecule has 0 saturated heterocycles. The van der Waals surface area contributed by atoms with Crippen LogP contribution in [0.15, 0.2) is 84.9 Å². The quantitative estimate of drug-likeness (QED) is 0.393. The molecule has 0 aliphatic heterocycles. The van der Waals surface area contributed by atoms with Gasteiger partial charge in [-0.05, 0) is 36.5 Å². The van der Waals surface area contributed by atoms with Crippen molar-refractivity contribution in [2.24, 2.45) is 0 Å². The van der Waals surface area contributed by atoms with E-state index in [9.17, 15) is 9.59 Å². The lowest BCUT2D eigenvalue weighted by molar-refractivity contribution is -0.141. The van der Waals surface area contributed by atoms with E-state index in [2.05, 4.69) is 29.6 Å². The standard InChI is InChI=1S/C30H36N2O2/c1-4-20-31-30(34)28(5-2)32(22-24-18-16-23(3)17-19-24)29(33)21-27(25-12-8-6-9-13-25)26-14-10-7-11-15-26/h6-19,27-28H,4-5,20-22H2,1-3H3,(H,31,34)/t28-/m0/s1. The molecule has 2 amide bonds. The van der Waals surface area contributed by atoms with Crippen LogP contribution in [0.2, 0.25) is 0 Å². The molecule has 0 unspecified atom stereocenters. The lowest BCUT2D eigenvalue weighted by Gasteiger charge is -2.32. The van der Waals surface area contributed by atoms with Gasteiger partial charge in [0.15, 0.2) is 0 Å². The number of hydrogen-bond donors (Lipinski definition) is 1. The number of benzene rings is 3. The molecule has 4 heteroatoms. The number of nitrogens with one attached hydrogen (secondary N) is 1. The van der Waals surface area contributed by atoms with Crippen LogP contribution in [-0.2, 0) is 16.1 Å². The Labute approximate surface area is 204 Å². The summed E-state index contributed by atoms with van der Waals surface area (Å²) in [6.45, 7) is 7.06. The van der Waals surface area contributed by atoms with Gasteiger partial charge in [0.1, 0.15) is 6.04 Å². The van der Waals surface area contributed by atoms with E-state index in [1.165, 1.54) is 5.56 Å². The Morgan fingerprint density at radius 3 is 1.88 bits per heavy atom. The summed E-state index contributed by atoms with van der Waals surface area (Å²) in [6, 6.07) is 28.0. The van der Waals surface area contributed by atoms with Crippen molar-refractivity contribution in [1.82, 2.24) is 10.2 Å². The molecule has 3 rings (SSSR count). The number of nitrogens with zero attached hydrogens (tertiary/aromatic N) is 1. The van der Waals surface area contributed by atoms with Crippen LogP contribution in [0.25, 0.3) is 0 Å². The maximum absolute atomic E-state index is 13.9. The van der Waals surface area contributed by atoms with Gasteiger partial charge >= 0.3 is 0 Å². The molecule has 0 saturated carbocycles. The smallest absolute Gasteiger partial charge is 0.242 e. The van der Waals surface area contributed by atoms with Crippen LogP contribution < -0.4 is 5.32 Å². The Hall–Kier alpha value is -3.40. The molecule has 3 aromatic rings. The molecule has 0 aromatic heterocycles. The molecule has 0 radical (unpaired) electrons. The molecule has 4 nitrogen and oxygen atoms in total. The number of aryl methyl sites for hydroxylation is 1. The first-order valence-corrected chi connectivity index (χ1v) is 12.3. The SMILES string of the molecule is CCCNC(=O)[C@H](CC)N(Cc1ccc(C)cc1)C(=O)CC(c1ccccc1)c1ccccc1. The molecule has 0 heterocycles. The molecule has 1 N–H and O–H groups in total. The van der Waals surface area contributed by atoms with E-state index in [-0.39, 0.29) is 17.7 Å². The van der Waals surface area contributed by atoms with Gasteiger partial charge in [-0.25, -0.2) is 0 Å². The van der Waals surface area contributed by atoms with E-state index in [1.807, 2.05) is 81.4 Å². The van der Waals surface area contributed by atoms with Crippen LogP contribution in [0.1, 0.15) is 61.3 Å². The van der Waals surface area contributed by atoms with Crippen molar-refractivity contribution in [2.45, 2.75) is 58.5 Å². The van der Waals surface area contributed by atoms with Crippen LogP contribution in [0, 0.1) is 6.92 Å². The maximum Gasteiger partial charge on any atom is 0.242 e. The zero-order valence-electron chi connectivity index (χ0n) is 20.5. The summed E-state index contributed by atoms with van der Waals surface area (Å²) >= 11 is 0. The normalized spacial score (nSPS) is 11.8. The number of carbonyl (C=O) groups excluding carboxylic acids is 2. The Bertz CT molecular complexity index is 993. The van der Waals surface area contributed by atoms with Crippen LogP contribution in [0.3, 0.4) is 0 Å². The van der Waals surface area contributed by atoms with E-state index < -0.39 is 6.04 Å². The van der Waals surface area contributed by atoms with E-state index >= 15 is 0 Å². The lowest BCUT2D eigenvalue weighted by Crippen LogP contribution is -2.49. The number of carbonyl (C=O) groups is 2. The fraction of sp³-hybridized carbons (Fsp3) is 0.333. The Morgan fingerprint density at radius 1 is 0.824 bits per heavy atom. The Balaban J connectivity index is 1.93. The largest absolute Gasteiger partial charge is 0.354 e. The van der Waals surface area contributed by atoms with Crippen LogP contribution in [0.5, 0.6) is 0 Å². The van der Waals surface area contributed by atoms with E-state index in [0.717, 1.165) is 23.1 Å².